The Labute approximate surface area is 160 Å². The molecule has 0 unspecified atom stereocenters. The summed E-state index contributed by atoms with van der Waals surface area (Å²) in [5.74, 6) is -5.38. The summed E-state index contributed by atoms with van der Waals surface area (Å²) in [6.45, 7) is 2.06. The Balaban J connectivity index is 1.51. The molecule has 28 heavy (non-hydrogen) atoms. The molecule has 152 valence electrons. The molecule has 9 heteroatoms. The van der Waals surface area contributed by atoms with Crippen molar-refractivity contribution in [3.63, 3.8) is 0 Å². The van der Waals surface area contributed by atoms with E-state index in [0.717, 1.165) is 18.5 Å². The highest BCUT2D eigenvalue weighted by Crippen LogP contribution is 2.31. The van der Waals surface area contributed by atoms with Crippen molar-refractivity contribution in [2.45, 2.75) is 25.7 Å². The fourth-order valence-electron chi connectivity index (χ4n) is 3.77. The minimum Gasteiger partial charge on any atom is -0.342 e. The van der Waals surface area contributed by atoms with Gasteiger partial charge in [0.15, 0.2) is 17.5 Å². The maximum Gasteiger partial charge on any atom is 0.227 e. The van der Waals surface area contributed by atoms with Gasteiger partial charge in [0.2, 0.25) is 18.2 Å². The Morgan fingerprint density at radius 2 is 1.54 bits per heavy atom. The maximum atomic E-state index is 13.7. The van der Waals surface area contributed by atoms with E-state index in [1.54, 1.807) is 9.80 Å². The number of amides is 3. The first-order chi connectivity index (χ1) is 13.4. The third kappa shape index (κ3) is 4.28. The summed E-state index contributed by atoms with van der Waals surface area (Å²) in [7, 11) is 0. The minimum absolute atomic E-state index is 0.0380. The molecule has 3 rings (SSSR count). The van der Waals surface area contributed by atoms with Crippen LogP contribution in [0, 0.1) is 29.3 Å². The second-order valence-corrected chi connectivity index (χ2v) is 7.23. The number of anilines is 1. The fraction of sp³-hybridized carbons (Fsp3) is 0.526. The number of hydrogen-bond donors (Lipinski definition) is 1. The smallest absolute Gasteiger partial charge is 0.227 e. The van der Waals surface area contributed by atoms with Crippen molar-refractivity contribution in [1.82, 2.24) is 9.80 Å². The Bertz CT molecular complexity index is 758. The Hall–Kier alpha value is -2.58. The fourth-order valence-corrected chi connectivity index (χ4v) is 3.77. The van der Waals surface area contributed by atoms with Crippen molar-refractivity contribution in [2.24, 2.45) is 11.8 Å². The topological polar surface area (TPSA) is 69.7 Å². The van der Waals surface area contributed by atoms with Gasteiger partial charge in [0, 0.05) is 38.0 Å². The number of rotatable bonds is 4. The third-order valence-electron chi connectivity index (χ3n) is 5.52. The van der Waals surface area contributed by atoms with Gasteiger partial charge in [-0.25, -0.2) is 13.2 Å². The van der Waals surface area contributed by atoms with Gasteiger partial charge in [-0.15, -0.1) is 0 Å². The van der Waals surface area contributed by atoms with E-state index in [0.29, 0.717) is 51.9 Å². The van der Waals surface area contributed by atoms with Crippen molar-refractivity contribution >= 4 is 23.9 Å². The second kappa shape index (κ2) is 8.62. The molecule has 0 aromatic heterocycles. The average molecular weight is 397 g/mol. The predicted molar refractivity (Wildman–Crippen MR) is 94.6 cm³/mol. The molecule has 0 radical (unpaired) electrons. The van der Waals surface area contributed by atoms with Crippen LogP contribution in [0.25, 0.3) is 0 Å². The van der Waals surface area contributed by atoms with E-state index in [-0.39, 0.29) is 11.8 Å². The van der Waals surface area contributed by atoms with Crippen LogP contribution in [-0.4, -0.2) is 54.2 Å². The molecule has 6 nitrogen and oxygen atoms in total. The largest absolute Gasteiger partial charge is 0.342 e. The molecule has 1 saturated heterocycles. The van der Waals surface area contributed by atoms with Gasteiger partial charge in [-0.1, -0.05) is 0 Å². The number of carbonyl (C=O) groups excluding carboxylic acids is 3. The van der Waals surface area contributed by atoms with E-state index in [1.807, 2.05) is 0 Å². The lowest BCUT2D eigenvalue weighted by molar-refractivity contribution is -0.140. The highest BCUT2D eigenvalue weighted by Gasteiger charge is 2.33. The van der Waals surface area contributed by atoms with Crippen LogP contribution in [0.4, 0.5) is 18.9 Å². The van der Waals surface area contributed by atoms with E-state index in [4.69, 9.17) is 0 Å². The summed E-state index contributed by atoms with van der Waals surface area (Å²) < 4.78 is 40.0. The standard InChI is InChI=1S/C19H22F3N3O3/c20-14-5-6-15(17(22)16(14)21)23-18(27)12-1-3-13(4-2-12)19(28)25-9-7-24(11-26)8-10-25/h5-6,11-13H,1-4,7-10H2,(H,23,27). The maximum absolute atomic E-state index is 13.7. The van der Waals surface area contributed by atoms with Crippen molar-refractivity contribution in [1.29, 1.82) is 0 Å². The molecule has 1 heterocycles. The van der Waals surface area contributed by atoms with Gasteiger partial charge in [0.1, 0.15) is 0 Å². The molecule has 2 fully saturated rings. The Morgan fingerprint density at radius 3 is 2.14 bits per heavy atom. The lowest BCUT2D eigenvalue weighted by Crippen LogP contribution is -2.50. The van der Waals surface area contributed by atoms with Crippen molar-refractivity contribution in [3.05, 3.63) is 29.6 Å². The number of nitrogens with zero attached hydrogens (tertiary/aromatic N) is 2. The molecule has 0 atom stereocenters. The third-order valence-corrected chi connectivity index (χ3v) is 5.52. The van der Waals surface area contributed by atoms with Gasteiger partial charge in [0.05, 0.1) is 5.69 Å². The zero-order chi connectivity index (χ0) is 20.3. The van der Waals surface area contributed by atoms with Gasteiger partial charge in [-0.3, -0.25) is 14.4 Å². The average Bonchev–Trinajstić information content (AvgIpc) is 2.73. The van der Waals surface area contributed by atoms with E-state index in [1.165, 1.54) is 0 Å². The molecule has 3 amide bonds. The van der Waals surface area contributed by atoms with Crippen LogP contribution in [-0.2, 0) is 14.4 Å². The van der Waals surface area contributed by atoms with Crippen molar-refractivity contribution < 1.29 is 27.6 Å². The zero-order valence-corrected chi connectivity index (χ0v) is 15.3. The Morgan fingerprint density at radius 1 is 0.929 bits per heavy atom. The van der Waals surface area contributed by atoms with E-state index in [2.05, 4.69) is 5.32 Å². The molecule has 0 spiro atoms. The van der Waals surface area contributed by atoms with Crippen molar-refractivity contribution in [3.8, 4) is 0 Å². The number of hydrogen-bond acceptors (Lipinski definition) is 3. The molecule has 1 saturated carbocycles. The zero-order valence-electron chi connectivity index (χ0n) is 15.3. The summed E-state index contributed by atoms with van der Waals surface area (Å²) in [5.41, 5.74) is -0.393. The molecule has 2 aliphatic rings. The molecule has 1 N–H and O–H groups in total. The normalized spacial score (nSPS) is 22.7. The van der Waals surface area contributed by atoms with Gasteiger partial charge >= 0.3 is 0 Å². The molecule has 1 aliphatic carbocycles. The number of carbonyl (C=O) groups is 3. The molecular weight excluding hydrogens is 375 g/mol. The van der Waals surface area contributed by atoms with Crippen LogP contribution >= 0.6 is 0 Å². The van der Waals surface area contributed by atoms with E-state index < -0.39 is 35.0 Å². The van der Waals surface area contributed by atoms with E-state index in [9.17, 15) is 27.6 Å². The van der Waals surface area contributed by atoms with Gasteiger partial charge in [0.25, 0.3) is 0 Å². The van der Waals surface area contributed by atoms with Crippen LogP contribution in [0.15, 0.2) is 12.1 Å². The van der Waals surface area contributed by atoms with Gasteiger partial charge in [-0.05, 0) is 37.8 Å². The predicted octanol–water partition coefficient (Wildman–Crippen LogP) is 2.15. The summed E-state index contributed by atoms with van der Waals surface area (Å²) >= 11 is 0. The SMILES string of the molecule is O=CN1CCN(C(=O)C2CCC(C(=O)Nc3ccc(F)c(F)c3F)CC2)CC1. The van der Waals surface area contributed by atoms with Crippen LogP contribution < -0.4 is 5.32 Å². The first-order valence-electron chi connectivity index (χ1n) is 9.33. The lowest BCUT2D eigenvalue weighted by Gasteiger charge is -2.36. The van der Waals surface area contributed by atoms with Gasteiger partial charge < -0.3 is 15.1 Å². The summed E-state index contributed by atoms with van der Waals surface area (Å²) in [5, 5.41) is 2.31. The van der Waals surface area contributed by atoms with Crippen LogP contribution in [0.3, 0.4) is 0 Å². The summed E-state index contributed by atoms with van der Waals surface area (Å²) in [4.78, 5) is 39.1. The highest BCUT2D eigenvalue weighted by molar-refractivity contribution is 5.93. The summed E-state index contributed by atoms with van der Waals surface area (Å²) in [6.07, 6.45) is 2.77. The number of nitrogens with one attached hydrogen (secondary N) is 1. The molecule has 1 aliphatic heterocycles. The molecule has 1 aromatic rings. The lowest BCUT2D eigenvalue weighted by atomic mass is 9.80. The van der Waals surface area contributed by atoms with Crippen LogP contribution in [0.1, 0.15) is 25.7 Å². The van der Waals surface area contributed by atoms with Crippen LogP contribution in [0.2, 0.25) is 0 Å². The highest BCUT2D eigenvalue weighted by atomic mass is 19.2. The van der Waals surface area contributed by atoms with Crippen LogP contribution in [0.5, 0.6) is 0 Å². The quantitative estimate of drug-likeness (QED) is 0.625. The second-order valence-electron chi connectivity index (χ2n) is 7.23. The monoisotopic (exact) mass is 397 g/mol. The number of benzene rings is 1. The minimum atomic E-state index is -1.62. The van der Waals surface area contributed by atoms with Crippen molar-refractivity contribution in [2.75, 3.05) is 31.5 Å². The number of piperazine rings is 1. The summed E-state index contributed by atoms with van der Waals surface area (Å²) in [6, 6.07) is 1.74. The molecular formula is C19H22F3N3O3. The first-order valence-corrected chi connectivity index (χ1v) is 9.33. The van der Waals surface area contributed by atoms with Gasteiger partial charge in [-0.2, -0.15) is 0 Å². The number of halogens is 3. The molecule has 0 bridgehead atoms. The van der Waals surface area contributed by atoms with E-state index >= 15 is 0 Å². The molecule has 1 aromatic carbocycles. The Kier molecular flexibility index (Phi) is 6.21. The first kappa shape index (κ1) is 20.2.